The van der Waals surface area contributed by atoms with Crippen LogP contribution in [0.4, 0.5) is 0 Å². The van der Waals surface area contributed by atoms with Gasteiger partial charge in [-0.05, 0) is 36.8 Å². The Labute approximate surface area is 159 Å². The van der Waals surface area contributed by atoms with Gasteiger partial charge >= 0.3 is 0 Å². The second-order valence-corrected chi connectivity index (χ2v) is 7.06. The molecular formula is C18H15ClN4O2S. The molecule has 0 atom stereocenters. The highest BCUT2D eigenvalue weighted by Crippen LogP contribution is 2.22. The normalized spacial score (nSPS) is 11.2. The summed E-state index contributed by atoms with van der Waals surface area (Å²) < 4.78 is 13.2. The summed E-state index contributed by atoms with van der Waals surface area (Å²) >= 11 is 7.42. The van der Waals surface area contributed by atoms with Crippen LogP contribution in [0.15, 0.2) is 58.4 Å². The number of pyridine rings is 1. The molecule has 0 saturated carbocycles. The van der Waals surface area contributed by atoms with Crippen LogP contribution in [-0.2, 0) is 12.4 Å². The van der Waals surface area contributed by atoms with Gasteiger partial charge in [-0.25, -0.2) is 4.98 Å². The number of fused-ring (bicyclic) bond motifs is 1. The zero-order valence-electron chi connectivity index (χ0n) is 13.9. The summed E-state index contributed by atoms with van der Waals surface area (Å²) in [6.45, 7) is 2.26. The van der Waals surface area contributed by atoms with Gasteiger partial charge in [-0.2, -0.15) is 0 Å². The van der Waals surface area contributed by atoms with E-state index in [1.807, 2.05) is 60.1 Å². The van der Waals surface area contributed by atoms with Crippen molar-refractivity contribution in [2.45, 2.75) is 24.5 Å². The number of halogens is 1. The van der Waals surface area contributed by atoms with Crippen LogP contribution in [0.3, 0.4) is 0 Å². The van der Waals surface area contributed by atoms with Gasteiger partial charge in [-0.1, -0.05) is 35.5 Å². The highest BCUT2D eigenvalue weighted by molar-refractivity contribution is 7.98. The van der Waals surface area contributed by atoms with E-state index in [0.717, 1.165) is 22.7 Å². The minimum absolute atomic E-state index is 0.240. The quantitative estimate of drug-likeness (QED) is 0.453. The average molecular weight is 387 g/mol. The first-order valence-electron chi connectivity index (χ1n) is 7.93. The van der Waals surface area contributed by atoms with Crippen molar-refractivity contribution in [1.29, 1.82) is 0 Å². The highest BCUT2D eigenvalue weighted by Gasteiger charge is 2.10. The molecule has 0 N–H and O–H groups in total. The Morgan fingerprint density at radius 1 is 1.19 bits per heavy atom. The first kappa shape index (κ1) is 16.9. The average Bonchev–Trinajstić information content (AvgIpc) is 3.24. The lowest BCUT2D eigenvalue weighted by Crippen LogP contribution is -1.95. The molecule has 8 heteroatoms. The van der Waals surface area contributed by atoms with E-state index in [1.54, 1.807) is 0 Å². The van der Waals surface area contributed by atoms with Crippen LogP contribution >= 0.6 is 23.4 Å². The van der Waals surface area contributed by atoms with Crippen LogP contribution in [0, 0.1) is 6.92 Å². The van der Waals surface area contributed by atoms with Crippen molar-refractivity contribution < 1.29 is 9.15 Å². The number of aryl methyl sites for hydroxylation is 1. The molecule has 4 rings (SSSR count). The van der Waals surface area contributed by atoms with Crippen LogP contribution in [0.2, 0.25) is 5.02 Å². The van der Waals surface area contributed by atoms with Gasteiger partial charge in [-0.15, -0.1) is 10.2 Å². The Morgan fingerprint density at radius 3 is 3.00 bits per heavy atom. The molecule has 0 saturated heterocycles. The van der Waals surface area contributed by atoms with Crippen molar-refractivity contribution in [3.63, 3.8) is 0 Å². The predicted octanol–water partition coefficient (Wildman–Crippen LogP) is 4.55. The van der Waals surface area contributed by atoms with E-state index in [2.05, 4.69) is 15.2 Å². The lowest BCUT2D eigenvalue weighted by atomic mass is 10.2. The minimum atomic E-state index is 0.240. The van der Waals surface area contributed by atoms with Gasteiger partial charge in [0.05, 0.1) is 10.7 Å². The summed E-state index contributed by atoms with van der Waals surface area (Å²) in [6.07, 6.45) is 3.76. The molecule has 0 fully saturated rings. The molecule has 0 unspecified atom stereocenters. The lowest BCUT2D eigenvalue weighted by Gasteiger charge is -2.03. The third kappa shape index (κ3) is 4.00. The topological polar surface area (TPSA) is 65.5 Å². The number of hydrogen-bond donors (Lipinski definition) is 0. The standard InChI is InChI=1S/C18H15ClN4O2S/c1-12-3-2-4-15(7-12)24-10-17-21-22-18(25-17)26-11-14-9-23-8-13(19)5-6-16(23)20-14/h2-9H,10-11H2,1H3. The van der Waals surface area contributed by atoms with E-state index >= 15 is 0 Å². The summed E-state index contributed by atoms with van der Waals surface area (Å²) in [4.78, 5) is 4.53. The van der Waals surface area contributed by atoms with Crippen LogP contribution < -0.4 is 4.74 Å². The molecule has 1 aromatic carbocycles. The number of hydrogen-bond acceptors (Lipinski definition) is 6. The van der Waals surface area contributed by atoms with Crippen LogP contribution in [-0.4, -0.2) is 19.6 Å². The minimum Gasteiger partial charge on any atom is -0.484 e. The van der Waals surface area contributed by atoms with E-state index in [-0.39, 0.29) is 6.61 Å². The summed E-state index contributed by atoms with van der Waals surface area (Å²) in [5.74, 6) is 1.84. The molecule has 3 aromatic heterocycles. The first-order chi connectivity index (χ1) is 12.7. The van der Waals surface area contributed by atoms with Crippen molar-refractivity contribution in [1.82, 2.24) is 19.6 Å². The maximum Gasteiger partial charge on any atom is 0.277 e. The fourth-order valence-corrected chi connectivity index (χ4v) is 3.26. The molecular weight excluding hydrogens is 372 g/mol. The summed E-state index contributed by atoms with van der Waals surface area (Å²) in [5.41, 5.74) is 2.90. The fourth-order valence-electron chi connectivity index (χ4n) is 2.43. The van der Waals surface area contributed by atoms with Gasteiger partial charge in [0.1, 0.15) is 11.4 Å². The number of imidazole rings is 1. The number of thioether (sulfide) groups is 1. The Hall–Kier alpha value is -2.51. The monoisotopic (exact) mass is 386 g/mol. The third-order valence-corrected chi connectivity index (χ3v) is 4.68. The largest absolute Gasteiger partial charge is 0.484 e. The van der Waals surface area contributed by atoms with E-state index in [0.29, 0.717) is 21.9 Å². The summed E-state index contributed by atoms with van der Waals surface area (Å²) in [6, 6.07) is 11.5. The smallest absolute Gasteiger partial charge is 0.277 e. The molecule has 4 aromatic rings. The number of benzene rings is 1. The Bertz CT molecular complexity index is 1050. The second kappa shape index (κ2) is 7.39. The molecule has 0 bridgehead atoms. The fraction of sp³-hybridized carbons (Fsp3) is 0.167. The molecule has 0 spiro atoms. The Balaban J connectivity index is 1.35. The molecule has 3 heterocycles. The number of nitrogens with zero attached hydrogens (tertiary/aromatic N) is 4. The van der Waals surface area contributed by atoms with Gasteiger partial charge in [0.15, 0.2) is 6.61 Å². The zero-order chi connectivity index (χ0) is 17.9. The van der Waals surface area contributed by atoms with Crippen molar-refractivity contribution >= 4 is 29.0 Å². The van der Waals surface area contributed by atoms with Gasteiger partial charge in [-0.3, -0.25) is 0 Å². The number of rotatable bonds is 6. The first-order valence-corrected chi connectivity index (χ1v) is 9.30. The second-order valence-electron chi connectivity index (χ2n) is 5.70. The SMILES string of the molecule is Cc1cccc(OCc2nnc(SCc3cn4cc(Cl)ccc4n3)o2)c1. The lowest BCUT2D eigenvalue weighted by molar-refractivity contribution is 0.252. The number of ether oxygens (including phenoxy) is 1. The van der Waals surface area contributed by atoms with Crippen molar-refractivity contribution in [3.8, 4) is 5.75 Å². The predicted molar refractivity (Wildman–Crippen MR) is 99.6 cm³/mol. The Morgan fingerprint density at radius 2 is 2.12 bits per heavy atom. The summed E-state index contributed by atoms with van der Waals surface area (Å²) in [5, 5.41) is 9.21. The highest BCUT2D eigenvalue weighted by atomic mass is 35.5. The van der Waals surface area contributed by atoms with Crippen LogP contribution in [0.1, 0.15) is 17.1 Å². The number of aromatic nitrogens is 4. The van der Waals surface area contributed by atoms with Crippen molar-refractivity contribution in [2.75, 3.05) is 0 Å². The van der Waals surface area contributed by atoms with Gasteiger partial charge < -0.3 is 13.6 Å². The van der Waals surface area contributed by atoms with E-state index in [9.17, 15) is 0 Å². The molecule has 132 valence electrons. The van der Waals surface area contributed by atoms with Gasteiger partial charge in [0.2, 0.25) is 0 Å². The molecule has 0 radical (unpaired) electrons. The molecule has 0 aliphatic heterocycles. The van der Waals surface area contributed by atoms with E-state index in [1.165, 1.54) is 11.8 Å². The zero-order valence-corrected chi connectivity index (χ0v) is 15.5. The maximum atomic E-state index is 5.99. The molecule has 26 heavy (non-hydrogen) atoms. The maximum absolute atomic E-state index is 5.99. The molecule has 6 nitrogen and oxygen atoms in total. The van der Waals surface area contributed by atoms with Gasteiger partial charge in [0, 0.05) is 18.1 Å². The van der Waals surface area contributed by atoms with Crippen molar-refractivity contribution in [3.05, 3.63) is 71.0 Å². The molecule has 0 aliphatic rings. The van der Waals surface area contributed by atoms with E-state index in [4.69, 9.17) is 20.8 Å². The van der Waals surface area contributed by atoms with Crippen molar-refractivity contribution in [2.24, 2.45) is 0 Å². The Kier molecular flexibility index (Phi) is 4.81. The molecule has 0 amide bonds. The van der Waals surface area contributed by atoms with Crippen LogP contribution in [0.5, 0.6) is 5.75 Å². The van der Waals surface area contributed by atoms with Crippen LogP contribution in [0.25, 0.3) is 5.65 Å². The van der Waals surface area contributed by atoms with E-state index < -0.39 is 0 Å². The third-order valence-electron chi connectivity index (χ3n) is 3.61. The molecule has 0 aliphatic carbocycles. The van der Waals surface area contributed by atoms with Gasteiger partial charge in [0.25, 0.3) is 11.1 Å². The summed E-state index contributed by atoms with van der Waals surface area (Å²) in [7, 11) is 0.